The van der Waals surface area contributed by atoms with Gasteiger partial charge in [0.2, 0.25) is 5.13 Å². The van der Waals surface area contributed by atoms with Crippen LogP contribution in [0.15, 0.2) is 39.5 Å². The van der Waals surface area contributed by atoms with Gasteiger partial charge in [0.1, 0.15) is 5.75 Å². The van der Waals surface area contributed by atoms with Crippen LogP contribution in [0.1, 0.15) is 25.1 Å². The van der Waals surface area contributed by atoms with Crippen molar-refractivity contribution in [1.29, 1.82) is 0 Å². The van der Waals surface area contributed by atoms with Gasteiger partial charge in [0.15, 0.2) is 11.3 Å². The molecule has 0 saturated carbocycles. The Bertz CT molecular complexity index is 968. The fourth-order valence-electron chi connectivity index (χ4n) is 2.43. The summed E-state index contributed by atoms with van der Waals surface area (Å²) in [4.78, 5) is 34.8. The number of carbonyl (C=O) groups is 2. The first-order valence-corrected chi connectivity index (χ1v) is 10.3. The SMILES string of the molecule is CCN1C(=O)/C(=C\c2ccccc2OC(C)C(=O)O)S/C1=N/c1nc(C)cs1. The summed E-state index contributed by atoms with van der Waals surface area (Å²) in [6, 6.07) is 7.02. The van der Waals surface area contributed by atoms with Gasteiger partial charge < -0.3 is 9.84 Å². The van der Waals surface area contributed by atoms with Crippen LogP contribution in [-0.2, 0) is 9.59 Å². The second kappa shape index (κ2) is 8.57. The number of aromatic nitrogens is 1. The highest BCUT2D eigenvalue weighted by Gasteiger charge is 2.32. The number of aliphatic imine (C=N–C) groups is 1. The maximum absolute atomic E-state index is 12.8. The Labute approximate surface area is 170 Å². The maximum Gasteiger partial charge on any atom is 0.344 e. The van der Waals surface area contributed by atoms with Crippen LogP contribution in [0.4, 0.5) is 5.13 Å². The van der Waals surface area contributed by atoms with Crippen molar-refractivity contribution in [2.75, 3.05) is 6.54 Å². The molecule has 0 aliphatic carbocycles. The summed E-state index contributed by atoms with van der Waals surface area (Å²) in [6.07, 6.45) is 0.707. The van der Waals surface area contributed by atoms with E-state index in [-0.39, 0.29) is 5.91 Å². The van der Waals surface area contributed by atoms with Crippen LogP contribution in [0.2, 0.25) is 0 Å². The molecule has 0 radical (unpaired) electrons. The highest BCUT2D eigenvalue weighted by Crippen LogP contribution is 2.36. The second-order valence-electron chi connectivity index (χ2n) is 5.96. The number of amidine groups is 1. The molecule has 1 atom stereocenters. The molecule has 1 N–H and O–H groups in total. The third-order valence-corrected chi connectivity index (χ3v) is 5.72. The van der Waals surface area contributed by atoms with Crippen molar-refractivity contribution in [3.8, 4) is 5.75 Å². The number of rotatable bonds is 6. The number of amides is 1. The third kappa shape index (κ3) is 4.42. The normalized spacial score (nSPS) is 18.1. The first-order valence-electron chi connectivity index (χ1n) is 8.59. The molecule has 1 fully saturated rings. The van der Waals surface area contributed by atoms with Gasteiger partial charge in [0.05, 0.1) is 10.6 Å². The highest BCUT2D eigenvalue weighted by atomic mass is 32.2. The summed E-state index contributed by atoms with van der Waals surface area (Å²) in [5, 5.41) is 12.2. The predicted octanol–water partition coefficient (Wildman–Crippen LogP) is 3.93. The van der Waals surface area contributed by atoms with Crippen LogP contribution in [0, 0.1) is 6.92 Å². The summed E-state index contributed by atoms with van der Waals surface area (Å²) in [5.41, 5.74) is 1.52. The number of thiazole rings is 1. The Hall–Kier alpha value is -2.65. The Morgan fingerprint density at radius 1 is 1.43 bits per heavy atom. The third-order valence-electron chi connectivity index (χ3n) is 3.86. The minimum Gasteiger partial charge on any atom is -0.479 e. The van der Waals surface area contributed by atoms with Crippen LogP contribution < -0.4 is 4.74 Å². The summed E-state index contributed by atoms with van der Waals surface area (Å²) in [5.74, 6) is -0.804. The van der Waals surface area contributed by atoms with E-state index >= 15 is 0 Å². The smallest absolute Gasteiger partial charge is 0.344 e. The van der Waals surface area contributed by atoms with E-state index in [1.807, 2.05) is 19.2 Å². The number of para-hydroxylation sites is 1. The molecule has 1 saturated heterocycles. The maximum atomic E-state index is 12.8. The molecule has 1 aromatic heterocycles. The zero-order valence-corrected chi connectivity index (χ0v) is 17.2. The number of carboxylic acids is 1. The van der Waals surface area contributed by atoms with Gasteiger partial charge in [-0.15, -0.1) is 11.3 Å². The topological polar surface area (TPSA) is 92.1 Å². The van der Waals surface area contributed by atoms with E-state index in [1.165, 1.54) is 30.0 Å². The lowest BCUT2D eigenvalue weighted by molar-refractivity contribution is -0.144. The van der Waals surface area contributed by atoms with Gasteiger partial charge in [-0.05, 0) is 44.7 Å². The zero-order valence-electron chi connectivity index (χ0n) is 15.6. The predicted molar refractivity (Wildman–Crippen MR) is 111 cm³/mol. The number of ether oxygens (including phenoxy) is 1. The summed E-state index contributed by atoms with van der Waals surface area (Å²) < 4.78 is 5.51. The Morgan fingerprint density at radius 2 is 2.18 bits per heavy atom. The largest absolute Gasteiger partial charge is 0.479 e. The number of carboxylic acid groups (broad SMARTS) is 1. The molecule has 1 unspecified atom stereocenters. The van der Waals surface area contributed by atoms with Crippen LogP contribution >= 0.6 is 23.1 Å². The molecule has 7 nitrogen and oxygen atoms in total. The van der Waals surface area contributed by atoms with Gasteiger partial charge in [0.25, 0.3) is 5.91 Å². The fraction of sp³-hybridized carbons (Fsp3) is 0.263. The number of benzene rings is 1. The van der Waals surface area contributed by atoms with Gasteiger partial charge in [0, 0.05) is 17.5 Å². The van der Waals surface area contributed by atoms with Crippen LogP contribution in [0.25, 0.3) is 6.08 Å². The lowest BCUT2D eigenvalue weighted by Gasteiger charge is -2.13. The minimum absolute atomic E-state index is 0.152. The van der Waals surface area contributed by atoms with Crippen molar-refractivity contribution in [2.24, 2.45) is 4.99 Å². The number of aryl methyl sites for hydroxylation is 1. The van der Waals surface area contributed by atoms with Gasteiger partial charge >= 0.3 is 5.97 Å². The van der Waals surface area contributed by atoms with Crippen LogP contribution in [-0.4, -0.2) is 44.7 Å². The zero-order chi connectivity index (χ0) is 20.3. The second-order valence-corrected chi connectivity index (χ2v) is 7.81. The van der Waals surface area contributed by atoms with Crippen molar-refractivity contribution in [2.45, 2.75) is 26.9 Å². The van der Waals surface area contributed by atoms with E-state index in [4.69, 9.17) is 9.84 Å². The lowest BCUT2D eigenvalue weighted by atomic mass is 10.2. The number of thioether (sulfide) groups is 1. The van der Waals surface area contributed by atoms with Crippen molar-refractivity contribution in [1.82, 2.24) is 9.88 Å². The summed E-state index contributed by atoms with van der Waals surface area (Å²) in [7, 11) is 0. The molecule has 1 aliphatic rings. The molecule has 1 aromatic carbocycles. The summed E-state index contributed by atoms with van der Waals surface area (Å²) in [6.45, 7) is 5.72. The molecule has 3 rings (SSSR count). The molecule has 2 heterocycles. The number of aliphatic carboxylic acids is 1. The number of likely N-dealkylation sites (N-methyl/N-ethyl adjacent to an activating group) is 1. The number of nitrogens with zero attached hydrogens (tertiary/aromatic N) is 3. The molecular weight excluding hydrogens is 398 g/mol. The van der Waals surface area contributed by atoms with E-state index in [1.54, 1.807) is 35.2 Å². The Morgan fingerprint density at radius 3 is 2.82 bits per heavy atom. The van der Waals surface area contributed by atoms with Crippen molar-refractivity contribution in [3.63, 3.8) is 0 Å². The average Bonchev–Trinajstić information content (AvgIpc) is 3.19. The molecule has 1 aliphatic heterocycles. The molecule has 0 spiro atoms. The Kier molecular flexibility index (Phi) is 6.15. The van der Waals surface area contributed by atoms with Gasteiger partial charge in [-0.2, -0.15) is 4.99 Å². The van der Waals surface area contributed by atoms with Crippen molar-refractivity contribution < 1.29 is 19.4 Å². The van der Waals surface area contributed by atoms with E-state index in [0.717, 1.165) is 5.69 Å². The van der Waals surface area contributed by atoms with Gasteiger partial charge in [-0.3, -0.25) is 9.69 Å². The molecule has 146 valence electrons. The minimum atomic E-state index is -1.06. The standard InChI is InChI=1S/C19H19N3O4S2/c1-4-22-16(23)15(28-19(22)21-18-20-11(2)10-27-18)9-13-7-5-6-8-14(13)26-12(3)17(24)25/h5-10,12H,4H2,1-3H3,(H,24,25)/b15-9+,21-19+. The van der Waals surface area contributed by atoms with Crippen molar-refractivity contribution >= 4 is 51.4 Å². The van der Waals surface area contributed by atoms with Gasteiger partial charge in [-0.1, -0.05) is 18.2 Å². The highest BCUT2D eigenvalue weighted by molar-refractivity contribution is 8.18. The molecule has 9 heteroatoms. The number of hydrogen-bond donors (Lipinski definition) is 1. The van der Waals surface area contributed by atoms with E-state index in [2.05, 4.69) is 9.98 Å². The first kappa shape index (κ1) is 20.1. The van der Waals surface area contributed by atoms with E-state index in [9.17, 15) is 9.59 Å². The Balaban J connectivity index is 1.92. The van der Waals surface area contributed by atoms with Crippen molar-refractivity contribution in [3.05, 3.63) is 45.8 Å². The van der Waals surface area contributed by atoms with Crippen LogP contribution in [0.3, 0.4) is 0 Å². The monoisotopic (exact) mass is 417 g/mol. The molecule has 0 bridgehead atoms. The van der Waals surface area contributed by atoms with Gasteiger partial charge in [-0.25, -0.2) is 9.78 Å². The van der Waals surface area contributed by atoms with E-state index < -0.39 is 12.1 Å². The first-order chi connectivity index (χ1) is 13.4. The van der Waals surface area contributed by atoms with Crippen LogP contribution in [0.5, 0.6) is 5.75 Å². The molecule has 1 amide bonds. The fourth-order valence-corrected chi connectivity index (χ4v) is 4.19. The average molecular weight is 418 g/mol. The number of hydrogen-bond acceptors (Lipinski definition) is 7. The molecule has 2 aromatic rings. The molecular formula is C19H19N3O4S2. The summed E-state index contributed by atoms with van der Waals surface area (Å²) >= 11 is 2.69. The lowest BCUT2D eigenvalue weighted by Crippen LogP contribution is -2.28. The van der Waals surface area contributed by atoms with E-state index in [0.29, 0.717) is 33.1 Å². The molecule has 28 heavy (non-hydrogen) atoms. The quantitative estimate of drug-likeness (QED) is 0.716. The number of carbonyl (C=O) groups excluding carboxylic acids is 1.